The van der Waals surface area contributed by atoms with Crippen molar-refractivity contribution in [3.8, 4) is 0 Å². The molecule has 19 heavy (non-hydrogen) atoms. The Morgan fingerprint density at radius 2 is 0.789 bits per heavy atom. The standard InChI is InChI=1S/C14H30.CH2O3.Na.H/c1-3-5-7-9-11-13-14-12-10-8-6-4-2;2-1(3)4;;/h3-14H2,1-2H3;(H2,2,3,4);;. The van der Waals surface area contributed by atoms with Crippen molar-refractivity contribution in [3.05, 3.63) is 0 Å². The molecule has 0 aliphatic heterocycles. The molecule has 0 unspecified atom stereocenters. The molecule has 0 aromatic rings. The Morgan fingerprint density at radius 3 is 0.947 bits per heavy atom. The van der Waals surface area contributed by atoms with E-state index < -0.39 is 6.16 Å². The minimum atomic E-state index is -1.83. The van der Waals surface area contributed by atoms with Gasteiger partial charge >= 0.3 is 35.7 Å². The van der Waals surface area contributed by atoms with E-state index in [0.717, 1.165) is 0 Å². The van der Waals surface area contributed by atoms with E-state index in [4.69, 9.17) is 15.0 Å². The molecule has 0 fully saturated rings. The van der Waals surface area contributed by atoms with Crippen LogP contribution in [-0.4, -0.2) is 45.9 Å². The van der Waals surface area contributed by atoms with Crippen LogP contribution < -0.4 is 0 Å². The van der Waals surface area contributed by atoms with Crippen LogP contribution in [0.25, 0.3) is 0 Å². The summed E-state index contributed by atoms with van der Waals surface area (Å²) in [7, 11) is 0. The topological polar surface area (TPSA) is 57.5 Å². The third-order valence-electron chi connectivity index (χ3n) is 2.96. The summed E-state index contributed by atoms with van der Waals surface area (Å²) < 4.78 is 0. The van der Waals surface area contributed by atoms with Gasteiger partial charge in [-0.3, -0.25) is 0 Å². The number of unbranched alkanes of at least 4 members (excludes halogenated alkanes) is 11. The molecule has 0 saturated carbocycles. The van der Waals surface area contributed by atoms with Gasteiger partial charge in [0.2, 0.25) is 0 Å². The first-order valence-electron chi connectivity index (χ1n) is 7.57. The maximum absolute atomic E-state index is 8.56. The van der Waals surface area contributed by atoms with Crippen LogP contribution in [0.2, 0.25) is 0 Å². The molecule has 0 radical (unpaired) electrons. The van der Waals surface area contributed by atoms with Gasteiger partial charge in [-0.25, -0.2) is 4.79 Å². The van der Waals surface area contributed by atoms with Gasteiger partial charge in [0.1, 0.15) is 0 Å². The fourth-order valence-corrected chi connectivity index (χ4v) is 1.91. The second kappa shape index (κ2) is 23.4. The van der Waals surface area contributed by atoms with E-state index in [9.17, 15) is 0 Å². The first-order valence-corrected chi connectivity index (χ1v) is 7.57. The predicted molar refractivity (Wildman–Crippen MR) is 84.6 cm³/mol. The van der Waals surface area contributed by atoms with Gasteiger partial charge in [0, 0.05) is 0 Å². The Hall–Kier alpha value is 0.270. The minimum absolute atomic E-state index is 0. The molecular formula is C15H33NaO3. The number of rotatable bonds is 11. The third kappa shape index (κ3) is 38.1. The Balaban J connectivity index is -0.000000448. The normalized spacial score (nSPS) is 9.16. The number of carbonyl (C=O) groups is 1. The predicted octanol–water partition coefficient (Wildman–Crippen LogP) is 5.28. The zero-order chi connectivity index (χ0) is 14.1. The second-order valence-electron chi connectivity index (χ2n) is 4.82. The van der Waals surface area contributed by atoms with Crippen LogP contribution in [0.15, 0.2) is 0 Å². The van der Waals surface area contributed by atoms with Crippen molar-refractivity contribution in [2.24, 2.45) is 0 Å². The third-order valence-corrected chi connectivity index (χ3v) is 2.96. The molecule has 0 amide bonds. The van der Waals surface area contributed by atoms with Crippen molar-refractivity contribution < 1.29 is 15.0 Å². The van der Waals surface area contributed by atoms with Gasteiger partial charge in [0.05, 0.1) is 0 Å². The van der Waals surface area contributed by atoms with E-state index >= 15 is 0 Å². The molecule has 0 bridgehead atoms. The summed E-state index contributed by atoms with van der Waals surface area (Å²) in [6, 6.07) is 0. The van der Waals surface area contributed by atoms with Gasteiger partial charge in [-0.15, -0.1) is 0 Å². The van der Waals surface area contributed by atoms with Gasteiger partial charge in [0.15, 0.2) is 0 Å². The van der Waals surface area contributed by atoms with Crippen molar-refractivity contribution in [1.82, 2.24) is 0 Å². The van der Waals surface area contributed by atoms with Crippen LogP contribution in [0.1, 0.15) is 90.9 Å². The summed E-state index contributed by atoms with van der Waals surface area (Å²) in [5, 5.41) is 13.9. The molecule has 0 aliphatic rings. The summed E-state index contributed by atoms with van der Waals surface area (Å²) in [6.07, 6.45) is 15.6. The molecule has 0 aromatic carbocycles. The van der Waals surface area contributed by atoms with E-state index in [1.54, 1.807) is 0 Å². The fraction of sp³-hybridized carbons (Fsp3) is 0.933. The van der Waals surface area contributed by atoms with E-state index in [2.05, 4.69) is 13.8 Å². The van der Waals surface area contributed by atoms with Crippen LogP contribution in [0.3, 0.4) is 0 Å². The van der Waals surface area contributed by atoms with Gasteiger partial charge in [-0.2, -0.15) is 0 Å². The summed E-state index contributed by atoms with van der Waals surface area (Å²) in [5.74, 6) is 0. The molecule has 4 heteroatoms. The Kier molecular flexibility index (Phi) is 29.9. The van der Waals surface area contributed by atoms with Crippen LogP contribution >= 0.6 is 0 Å². The number of hydrogen-bond donors (Lipinski definition) is 2. The first kappa shape index (κ1) is 24.3. The van der Waals surface area contributed by atoms with Crippen molar-refractivity contribution in [1.29, 1.82) is 0 Å². The molecule has 0 heterocycles. The van der Waals surface area contributed by atoms with E-state index in [1.165, 1.54) is 77.0 Å². The monoisotopic (exact) mass is 284 g/mol. The quantitative estimate of drug-likeness (QED) is 0.401. The molecule has 0 saturated heterocycles. The molecule has 0 rings (SSSR count). The van der Waals surface area contributed by atoms with Crippen molar-refractivity contribution in [3.63, 3.8) is 0 Å². The SMILES string of the molecule is CCCCCCCCCCCCCC.O=C(O)O.[NaH]. The fourth-order valence-electron chi connectivity index (χ4n) is 1.91. The van der Waals surface area contributed by atoms with Crippen LogP contribution in [0.4, 0.5) is 4.79 Å². The molecule has 0 spiro atoms. The van der Waals surface area contributed by atoms with Gasteiger partial charge in [0.25, 0.3) is 0 Å². The van der Waals surface area contributed by atoms with Crippen LogP contribution in [0.5, 0.6) is 0 Å². The van der Waals surface area contributed by atoms with Crippen molar-refractivity contribution in [2.75, 3.05) is 0 Å². The summed E-state index contributed by atoms with van der Waals surface area (Å²) in [4.78, 5) is 8.56. The second-order valence-corrected chi connectivity index (χ2v) is 4.82. The zero-order valence-electron chi connectivity index (χ0n) is 12.3. The van der Waals surface area contributed by atoms with E-state index in [1.807, 2.05) is 0 Å². The molecule has 112 valence electrons. The maximum atomic E-state index is 8.56. The van der Waals surface area contributed by atoms with Crippen molar-refractivity contribution >= 4 is 35.7 Å². The Labute approximate surface area is 141 Å². The van der Waals surface area contributed by atoms with Gasteiger partial charge in [-0.05, 0) is 0 Å². The first-order chi connectivity index (χ1) is 8.65. The van der Waals surface area contributed by atoms with Gasteiger partial charge < -0.3 is 10.2 Å². The number of hydrogen-bond acceptors (Lipinski definition) is 1. The van der Waals surface area contributed by atoms with E-state index in [-0.39, 0.29) is 29.6 Å². The molecule has 0 aromatic heterocycles. The molecular weight excluding hydrogens is 251 g/mol. The summed E-state index contributed by atoms with van der Waals surface area (Å²) in [6.45, 7) is 4.57. The summed E-state index contributed by atoms with van der Waals surface area (Å²) >= 11 is 0. The summed E-state index contributed by atoms with van der Waals surface area (Å²) in [5.41, 5.74) is 0. The average molecular weight is 284 g/mol. The average Bonchev–Trinajstić information content (AvgIpc) is 2.31. The van der Waals surface area contributed by atoms with Crippen molar-refractivity contribution in [2.45, 2.75) is 90.9 Å². The van der Waals surface area contributed by atoms with Crippen LogP contribution in [0, 0.1) is 0 Å². The van der Waals surface area contributed by atoms with Crippen LogP contribution in [-0.2, 0) is 0 Å². The molecule has 0 aliphatic carbocycles. The Bertz CT molecular complexity index is 147. The molecule has 3 nitrogen and oxygen atoms in total. The number of carboxylic acid groups (broad SMARTS) is 2. The molecule has 2 N–H and O–H groups in total. The molecule has 0 atom stereocenters. The van der Waals surface area contributed by atoms with Gasteiger partial charge in [-0.1, -0.05) is 90.9 Å². The Morgan fingerprint density at radius 1 is 0.632 bits per heavy atom. The van der Waals surface area contributed by atoms with E-state index in [0.29, 0.717) is 0 Å². The zero-order valence-corrected chi connectivity index (χ0v) is 12.3.